The normalized spacial score (nSPS) is 18.0. The third-order valence-electron chi connectivity index (χ3n) is 4.00. The van der Waals surface area contributed by atoms with Gasteiger partial charge in [0, 0.05) is 17.8 Å². The van der Waals surface area contributed by atoms with Gasteiger partial charge in [0.2, 0.25) is 5.91 Å². The van der Waals surface area contributed by atoms with E-state index in [4.69, 9.17) is 0 Å². The molecule has 0 aliphatic carbocycles. The number of carbonyl (C=O) groups is 2. The molecule has 6 heteroatoms. The van der Waals surface area contributed by atoms with E-state index in [1.165, 1.54) is 16.9 Å². The van der Waals surface area contributed by atoms with Crippen molar-refractivity contribution in [3.8, 4) is 0 Å². The van der Waals surface area contributed by atoms with Crippen molar-refractivity contribution >= 4 is 23.2 Å². The Balaban J connectivity index is 1.64. The average molecular weight is 330 g/mol. The fourth-order valence-corrected chi connectivity index (χ4v) is 3.49. The third kappa shape index (κ3) is 3.78. The predicted molar refractivity (Wildman–Crippen MR) is 88.4 cm³/mol. The van der Waals surface area contributed by atoms with E-state index >= 15 is 0 Å². The molecule has 1 amide bonds. The van der Waals surface area contributed by atoms with Gasteiger partial charge in [0.05, 0.1) is 6.04 Å². The molecule has 0 fully saturated rings. The van der Waals surface area contributed by atoms with Gasteiger partial charge in [0.15, 0.2) is 0 Å². The Morgan fingerprint density at radius 2 is 2.04 bits per heavy atom. The number of hydrogen-bond donors (Lipinski definition) is 3. The summed E-state index contributed by atoms with van der Waals surface area (Å²) in [6.07, 6.45) is 0.884. The van der Waals surface area contributed by atoms with Crippen LogP contribution in [0.4, 0.5) is 0 Å². The van der Waals surface area contributed by atoms with Crippen molar-refractivity contribution in [2.45, 2.75) is 31.5 Å². The molecule has 2 atom stereocenters. The van der Waals surface area contributed by atoms with E-state index in [-0.39, 0.29) is 5.91 Å². The minimum absolute atomic E-state index is 0.261. The lowest BCUT2D eigenvalue weighted by atomic mass is 9.95. The monoisotopic (exact) mass is 330 g/mol. The summed E-state index contributed by atoms with van der Waals surface area (Å²) in [5.41, 5.74) is 2.32. The Labute approximate surface area is 138 Å². The number of hydrogen-bond acceptors (Lipinski definition) is 4. The highest BCUT2D eigenvalue weighted by molar-refractivity contribution is 7.09. The third-order valence-corrected chi connectivity index (χ3v) is 4.90. The summed E-state index contributed by atoms with van der Waals surface area (Å²) >= 11 is 1.49. The Kier molecular flexibility index (Phi) is 4.73. The van der Waals surface area contributed by atoms with Crippen LogP contribution in [0.1, 0.15) is 16.0 Å². The fraction of sp³-hybridized carbons (Fsp3) is 0.294. The van der Waals surface area contributed by atoms with Crippen molar-refractivity contribution in [3.05, 3.63) is 57.8 Å². The van der Waals surface area contributed by atoms with Crippen LogP contribution in [0.15, 0.2) is 41.8 Å². The summed E-state index contributed by atoms with van der Waals surface area (Å²) in [6.45, 7) is 0.622. The van der Waals surface area contributed by atoms with Gasteiger partial charge < -0.3 is 15.7 Å². The molecule has 1 aliphatic heterocycles. The molecular formula is C17H18N2O3S. The van der Waals surface area contributed by atoms with Gasteiger partial charge in [-0.05, 0) is 29.0 Å². The van der Waals surface area contributed by atoms with E-state index in [0.717, 1.165) is 10.4 Å². The molecule has 3 rings (SSSR count). The molecule has 0 radical (unpaired) electrons. The number of nitrogens with one attached hydrogen (secondary N) is 2. The molecule has 0 unspecified atom stereocenters. The second-order valence-corrected chi connectivity index (χ2v) is 6.62. The number of amides is 1. The van der Waals surface area contributed by atoms with Gasteiger partial charge in [-0.1, -0.05) is 30.3 Å². The molecule has 1 aromatic heterocycles. The standard InChI is InChI=1S/C17H18N2O3S/c20-16(14-8-11-4-1-2-5-12(11)10-18-14)19-15(17(21)22)9-13-6-3-7-23-13/h1-7,14-15,18H,8-10H2,(H,19,20)(H,21,22)/t14-,15-/m0/s1. The fourth-order valence-electron chi connectivity index (χ4n) is 2.74. The molecule has 0 spiro atoms. The van der Waals surface area contributed by atoms with E-state index in [1.54, 1.807) is 0 Å². The van der Waals surface area contributed by atoms with Crippen molar-refractivity contribution in [1.82, 2.24) is 10.6 Å². The average Bonchev–Trinajstić information content (AvgIpc) is 3.06. The minimum atomic E-state index is -1.01. The summed E-state index contributed by atoms with van der Waals surface area (Å²) in [6, 6.07) is 10.4. The number of carboxylic acid groups (broad SMARTS) is 1. The second-order valence-electron chi connectivity index (χ2n) is 5.59. The molecule has 1 aromatic carbocycles. The lowest BCUT2D eigenvalue weighted by Crippen LogP contribution is -2.52. The Morgan fingerprint density at radius 3 is 2.74 bits per heavy atom. The Morgan fingerprint density at radius 1 is 1.26 bits per heavy atom. The number of thiophene rings is 1. The molecule has 5 nitrogen and oxygen atoms in total. The van der Waals surface area contributed by atoms with Crippen LogP contribution in [-0.2, 0) is 29.0 Å². The largest absolute Gasteiger partial charge is 0.480 e. The lowest BCUT2D eigenvalue weighted by Gasteiger charge is -2.26. The SMILES string of the molecule is O=C(O)[C@H](Cc1cccs1)NC(=O)[C@@H]1Cc2ccccc2CN1. The molecular weight excluding hydrogens is 312 g/mol. The van der Waals surface area contributed by atoms with Crippen LogP contribution in [0, 0.1) is 0 Å². The molecule has 120 valence electrons. The Bertz CT molecular complexity index is 700. The van der Waals surface area contributed by atoms with Gasteiger partial charge >= 0.3 is 5.97 Å². The molecule has 0 saturated carbocycles. The molecule has 23 heavy (non-hydrogen) atoms. The van der Waals surface area contributed by atoms with Crippen molar-refractivity contribution in [2.75, 3.05) is 0 Å². The van der Waals surface area contributed by atoms with Crippen LogP contribution in [0.3, 0.4) is 0 Å². The number of benzene rings is 1. The van der Waals surface area contributed by atoms with E-state index in [0.29, 0.717) is 19.4 Å². The first-order valence-electron chi connectivity index (χ1n) is 7.49. The highest BCUT2D eigenvalue weighted by atomic mass is 32.1. The quantitative estimate of drug-likeness (QED) is 0.778. The summed E-state index contributed by atoms with van der Waals surface area (Å²) < 4.78 is 0. The summed E-state index contributed by atoms with van der Waals surface area (Å²) in [7, 11) is 0. The van der Waals surface area contributed by atoms with Gasteiger partial charge in [-0.3, -0.25) is 4.79 Å². The van der Waals surface area contributed by atoms with Crippen LogP contribution in [0.25, 0.3) is 0 Å². The van der Waals surface area contributed by atoms with E-state index in [2.05, 4.69) is 10.6 Å². The molecule has 2 aromatic rings. The maximum absolute atomic E-state index is 12.4. The van der Waals surface area contributed by atoms with Gasteiger partial charge in [0.1, 0.15) is 6.04 Å². The molecule has 0 saturated heterocycles. The van der Waals surface area contributed by atoms with Crippen molar-refractivity contribution in [2.24, 2.45) is 0 Å². The van der Waals surface area contributed by atoms with Crippen molar-refractivity contribution in [1.29, 1.82) is 0 Å². The number of aliphatic carboxylic acids is 1. The predicted octanol–water partition coefficient (Wildman–Crippen LogP) is 1.57. The van der Waals surface area contributed by atoms with Crippen LogP contribution in [-0.4, -0.2) is 29.1 Å². The van der Waals surface area contributed by atoms with Gasteiger partial charge in [-0.25, -0.2) is 4.79 Å². The molecule has 1 aliphatic rings. The van der Waals surface area contributed by atoms with Crippen LogP contribution >= 0.6 is 11.3 Å². The van der Waals surface area contributed by atoms with Crippen molar-refractivity contribution in [3.63, 3.8) is 0 Å². The first kappa shape index (κ1) is 15.7. The van der Waals surface area contributed by atoms with E-state index in [1.807, 2.05) is 41.8 Å². The van der Waals surface area contributed by atoms with E-state index < -0.39 is 18.1 Å². The van der Waals surface area contributed by atoms with Crippen LogP contribution in [0.2, 0.25) is 0 Å². The van der Waals surface area contributed by atoms with Crippen LogP contribution < -0.4 is 10.6 Å². The number of rotatable bonds is 5. The molecule has 3 N–H and O–H groups in total. The van der Waals surface area contributed by atoms with Crippen LogP contribution in [0.5, 0.6) is 0 Å². The molecule has 0 bridgehead atoms. The van der Waals surface area contributed by atoms with Gasteiger partial charge in [0.25, 0.3) is 0 Å². The van der Waals surface area contributed by atoms with E-state index in [9.17, 15) is 14.7 Å². The molecule has 2 heterocycles. The topological polar surface area (TPSA) is 78.4 Å². The summed E-state index contributed by atoms with van der Waals surface area (Å²) in [4.78, 5) is 24.8. The first-order chi connectivity index (χ1) is 11.1. The summed E-state index contributed by atoms with van der Waals surface area (Å²) in [5, 5.41) is 17.1. The number of fused-ring (bicyclic) bond motifs is 1. The number of carbonyl (C=O) groups excluding carboxylic acids is 1. The zero-order valence-corrected chi connectivity index (χ0v) is 13.3. The highest BCUT2D eigenvalue weighted by Gasteiger charge is 2.28. The number of carboxylic acids is 1. The summed E-state index contributed by atoms with van der Waals surface area (Å²) in [5.74, 6) is -1.27. The lowest BCUT2D eigenvalue weighted by molar-refractivity contribution is -0.142. The maximum Gasteiger partial charge on any atom is 0.326 e. The van der Waals surface area contributed by atoms with Crippen molar-refractivity contribution < 1.29 is 14.7 Å². The van der Waals surface area contributed by atoms with Gasteiger partial charge in [-0.2, -0.15) is 0 Å². The van der Waals surface area contributed by atoms with Gasteiger partial charge in [-0.15, -0.1) is 11.3 Å². The first-order valence-corrected chi connectivity index (χ1v) is 8.37. The maximum atomic E-state index is 12.4. The highest BCUT2D eigenvalue weighted by Crippen LogP contribution is 2.17. The second kappa shape index (κ2) is 6.93. The Hall–Kier alpha value is -2.18. The zero-order valence-electron chi connectivity index (χ0n) is 12.5. The smallest absolute Gasteiger partial charge is 0.326 e. The minimum Gasteiger partial charge on any atom is -0.480 e. The zero-order chi connectivity index (χ0) is 16.2.